The lowest BCUT2D eigenvalue weighted by molar-refractivity contribution is -0.318. The number of fused-ring (bicyclic) bond motifs is 5. The molecule has 4 rings (SSSR count). The van der Waals surface area contributed by atoms with E-state index in [1.165, 1.54) is 0 Å². The molecule has 0 aromatic heterocycles. The molecule has 0 amide bonds. The molecular formula is C10H6Cl6O3. The molecule has 0 aromatic rings. The van der Waals surface area contributed by atoms with Crippen molar-refractivity contribution in [1.29, 1.82) is 0 Å². The summed E-state index contributed by atoms with van der Waals surface area (Å²) in [6, 6.07) is 0. The molecule has 106 valence electrons. The summed E-state index contributed by atoms with van der Waals surface area (Å²) in [5, 5.41) is -3.24. The third kappa shape index (κ3) is 1.37. The molecule has 0 aromatic carbocycles. The van der Waals surface area contributed by atoms with Gasteiger partial charge in [-0.3, -0.25) is 4.74 Å². The van der Waals surface area contributed by atoms with Crippen LogP contribution in [0.5, 0.6) is 0 Å². The van der Waals surface area contributed by atoms with Crippen LogP contribution in [0.25, 0.3) is 0 Å². The summed E-state index contributed by atoms with van der Waals surface area (Å²) in [6.45, 7) is 0. The van der Waals surface area contributed by atoms with E-state index >= 15 is 0 Å². The molecule has 1 saturated carbocycles. The topological polar surface area (TPSA) is 27.7 Å². The minimum atomic E-state index is -1.82. The van der Waals surface area contributed by atoms with Crippen LogP contribution in [0.1, 0.15) is 6.42 Å². The standard InChI is InChI=1S/C10H6Cl6O3/c11-5-2-1-3-4(5)9(15)17-10(16,19-18-9)8(3,14)7(13)6(2)12/h2-5H,1H2. The van der Waals surface area contributed by atoms with Gasteiger partial charge in [0.05, 0.1) is 16.3 Å². The molecule has 2 heterocycles. The van der Waals surface area contributed by atoms with Crippen LogP contribution in [0, 0.1) is 17.8 Å². The summed E-state index contributed by atoms with van der Waals surface area (Å²) in [4.78, 5) is 8.75. The fourth-order valence-corrected chi connectivity index (χ4v) is 6.36. The lowest BCUT2D eigenvalue weighted by Crippen LogP contribution is -2.61. The molecule has 2 saturated heterocycles. The molecular weight excluding hydrogens is 381 g/mol. The van der Waals surface area contributed by atoms with Crippen molar-refractivity contribution < 1.29 is 14.5 Å². The highest BCUT2D eigenvalue weighted by Crippen LogP contribution is 2.73. The molecule has 19 heavy (non-hydrogen) atoms. The zero-order valence-corrected chi connectivity index (χ0v) is 13.5. The number of hydrogen-bond acceptors (Lipinski definition) is 3. The van der Waals surface area contributed by atoms with Crippen LogP contribution < -0.4 is 0 Å². The normalized spacial score (nSPS) is 62.8. The van der Waals surface area contributed by atoms with Crippen molar-refractivity contribution in [2.75, 3.05) is 0 Å². The van der Waals surface area contributed by atoms with E-state index in [9.17, 15) is 0 Å². The Hall–Kier alpha value is 1.36. The molecule has 2 aliphatic heterocycles. The SMILES string of the molecule is ClC1=C(Cl)C2(Cl)C3CC1C(Cl)C3C1(Cl)OOC2(Cl)O1. The Morgan fingerprint density at radius 2 is 1.79 bits per heavy atom. The van der Waals surface area contributed by atoms with Crippen molar-refractivity contribution in [3.05, 3.63) is 10.1 Å². The van der Waals surface area contributed by atoms with Crippen molar-refractivity contribution in [1.82, 2.24) is 0 Å². The first kappa shape index (κ1) is 14.0. The molecule has 3 fully saturated rings. The van der Waals surface area contributed by atoms with Gasteiger partial charge in [0.1, 0.15) is 0 Å². The lowest BCUT2D eigenvalue weighted by Gasteiger charge is -2.48. The number of rotatable bonds is 0. The zero-order chi connectivity index (χ0) is 13.8. The molecule has 4 aliphatic rings. The molecule has 0 spiro atoms. The maximum absolute atomic E-state index is 6.65. The van der Waals surface area contributed by atoms with Crippen LogP contribution in [-0.2, 0) is 14.5 Å². The number of hydrogen-bond donors (Lipinski definition) is 0. The second-order valence-corrected chi connectivity index (χ2v) is 8.09. The van der Waals surface area contributed by atoms with E-state index in [-0.39, 0.29) is 16.9 Å². The van der Waals surface area contributed by atoms with Gasteiger partial charge >= 0.3 is 5.25 Å². The van der Waals surface area contributed by atoms with Gasteiger partial charge < -0.3 is 0 Å². The van der Waals surface area contributed by atoms with Crippen molar-refractivity contribution >= 4 is 69.6 Å². The smallest absolute Gasteiger partial charge is 0.284 e. The number of halogens is 6. The van der Waals surface area contributed by atoms with Gasteiger partial charge in [0, 0.05) is 16.9 Å². The van der Waals surface area contributed by atoms with Gasteiger partial charge in [0.25, 0.3) is 5.25 Å². The van der Waals surface area contributed by atoms with Gasteiger partial charge in [-0.05, 0) is 6.42 Å². The Kier molecular flexibility index (Phi) is 2.81. The van der Waals surface area contributed by atoms with E-state index in [4.69, 9.17) is 84.1 Å². The third-order valence-electron chi connectivity index (χ3n) is 4.40. The van der Waals surface area contributed by atoms with Crippen LogP contribution in [0.3, 0.4) is 0 Å². The van der Waals surface area contributed by atoms with Crippen LogP contribution in [0.4, 0.5) is 0 Å². The molecule has 4 bridgehead atoms. The van der Waals surface area contributed by atoms with Gasteiger partial charge in [-0.25, -0.2) is 0 Å². The van der Waals surface area contributed by atoms with E-state index in [1.807, 2.05) is 0 Å². The Morgan fingerprint density at radius 3 is 2.47 bits per heavy atom. The maximum Gasteiger partial charge on any atom is 0.306 e. The average Bonchev–Trinajstić information content (AvgIpc) is 2.82. The summed E-state index contributed by atoms with van der Waals surface area (Å²) in [5.41, 5.74) is 0. The summed E-state index contributed by atoms with van der Waals surface area (Å²) in [6.07, 6.45) is 0.608. The molecule has 7 atom stereocenters. The van der Waals surface area contributed by atoms with E-state index < -0.39 is 26.7 Å². The van der Waals surface area contributed by atoms with E-state index in [0.717, 1.165) is 0 Å². The van der Waals surface area contributed by atoms with Crippen molar-refractivity contribution in [2.24, 2.45) is 17.8 Å². The minimum absolute atomic E-state index is 0.139. The Morgan fingerprint density at radius 1 is 1.11 bits per heavy atom. The van der Waals surface area contributed by atoms with Crippen LogP contribution in [-0.4, -0.2) is 20.7 Å². The first-order valence-corrected chi connectivity index (χ1v) is 7.91. The van der Waals surface area contributed by atoms with Crippen LogP contribution >= 0.6 is 69.6 Å². The third-order valence-corrected chi connectivity index (χ3v) is 7.79. The number of alkyl halides is 4. The molecule has 0 N–H and O–H groups in total. The van der Waals surface area contributed by atoms with Crippen molar-refractivity contribution in [3.63, 3.8) is 0 Å². The average molecular weight is 387 g/mol. The fourth-order valence-electron chi connectivity index (χ4n) is 3.54. The minimum Gasteiger partial charge on any atom is -0.284 e. The van der Waals surface area contributed by atoms with Crippen LogP contribution in [0.15, 0.2) is 10.1 Å². The second kappa shape index (κ2) is 3.81. The molecule has 9 heteroatoms. The predicted octanol–water partition coefficient (Wildman–Crippen LogP) is 4.30. The zero-order valence-electron chi connectivity index (χ0n) is 9.01. The highest BCUT2D eigenvalue weighted by atomic mass is 35.5. The summed E-state index contributed by atoms with van der Waals surface area (Å²) < 4.78 is 5.50. The first-order chi connectivity index (χ1) is 8.75. The number of allylic oxidation sites excluding steroid dienone is 1. The van der Waals surface area contributed by atoms with E-state index in [2.05, 4.69) is 0 Å². The van der Waals surface area contributed by atoms with Gasteiger partial charge in [-0.2, -0.15) is 9.78 Å². The Labute approximate surface area is 138 Å². The van der Waals surface area contributed by atoms with Gasteiger partial charge in [0.15, 0.2) is 4.87 Å². The summed E-state index contributed by atoms with van der Waals surface area (Å²) in [5.74, 6) is -0.819. The highest BCUT2D eigenvalue weighted by Gasteiger charge is 2.81. The van der Waals surface area contributed by atoms with Gasteiger partial charge in [0.2, 0.25) is 0 Å². The van der Waals surface area contributed by atoms with Crippen molar-refractivity contribution in [2.45, 2.75) is 27.2 Å². The van der Waals surface area contributed by atoms with E-state index in [1.54, 1.807) is 0 Å². The van der Waals surface area contributed by atoms with Gasteiger partial charge in [-0.15, -0.1) is 23.2 Å². The lowest BCUT2D eigenvalue weighted by atomic mass is 9.77. The summed E-state index contributed by atoms with van der Waals surface area (Å²) in [7, 11) is 0. The molecule has 2 aliphatic carbocycles. The molecule has 3 nitrogen and oxygen atoms in total. The summed E-state index contributed by atoms with van der Waals surface area (Å²) >= 11 is 38.3. The Bertz CT molecular complexity index is 513. The second-order valence-electron chi connectivity index (χ2n) is 5.18. The van der Waals surface area contributed by atoms with Gasteiger partial charge in [-0.1, -0.05) is 46.4 Å². The largest absolute Gasteiger partial charge is 0.306 e. The van der Waals surface area contributed by atoms with Crippen LogP contribution in [0.2, 0.25) is 0 Å². The van der Waals surface area contributed by atoms with Crippen molar-refractivity contribution in [3.8, 4) is 0 Å². The fraction of sp³-hybridized carbons (Fsp3) is 0.800. The first-order valence-electron chi connectivity index (χ1n) is 5.58. The monoisotopic (exact) mass is 384 g/mol. The van der Waals surface area contributed by atoms with E-state index in [0.29, 0.717) is 11.5 Å². The maximum atomic E-state index is 6.65. The highest BCUT2D eigenvalue weighted by molar-refractivity contribution is 6.48. The quantitative estimate of drug-likeness (QED) is 0.459. The molecule has 7 unspecified atom stereocenters. The molecule has 0 radical (unpaired) electrons. The Balaban J connectivity index is 2.00. The predicted molar refractivity (Wildman–Crippen MR) is 72.5 cm³/mol. The number of ether oxygens (including phenoxy) is 1.